The van der Waals surface area contributed by atoms with Crippen LogP contribution < -0.4 is 5.32 Å². The van der Waals surface area contributed by atoms with Crippen molar-refractivity contribution in [3.8, 4) is 0 Å². The van der Waals surface area contributed by atoms with Crippen molar-refractivity contribution in [1.82, 2.24) is 15.2 Å². The molecule has 0 fully saturated rings. The minimum Gasteiger partial charge on any atom is -0.446 e. The molecule has 142 valence electrons. The van der Waals surface area contributed by atoms with Crippen molar-refractivity contribution in [2.24, 2.45) is 11.8 Å². The molecule has 0 saturated carbocycles. The molecule has 0 atom stereocenters. The van der Waals surface area contributed by atoms with Crippen molar-refractivity contribution >= 4 is 35.0 Å². The molecule has 0 aliphatic rings. The molecule has 8 heteroatoms. The molecule has 0 aromatic carbocycles. The fourth-order valence-electron chi connectivity index (χ4n) is 2.04. The fraction of sp³-hybridized carbons (Fsp3) is 0.706. The molecule has 25 heavy (non-hydrogen) atoms. The average molecular weight is 392 g/mol. The molecule has 1 aromatic rings. The minimum atomic E-state index is -1.14. The molecule has 1 aromatic heterocycles. The number of rotatable bonds is 10. The van der Waals surface area contributed by atoms with Crippen LogP contribution in [0.5, 0.6) is 0 Å². The summed E-state index contributed by atoms with van der Waals surface area (Å²) in [4.78, 5) is 28.7. The maximum atomic E-state index is 12.1. The summed E-state index contributed by atoms with van der Waals surface area (Å²) in [6.45, 7) is 9.50. The van der Waals surface area contributed by atoms with E-state index < -0.39 is 10.7 Å². The largest absolute Gasteiger partial charge is 0.446 e. The van der Waals surface area contributed by atoms with Gasteiger partial charge in [0.15, 0.2) is 10.5 Å². The highest BCUT2D eigenvalue weighted by Gasteiger charge is 2.23. The third-order valence-electron chi connectivity index (χ3n) is 3.59. The number of alkyl halides is 2. The van der Waals surface area contributed by atoms with Crippen molar-refractivity contribution in [2.75, 3.05) is 13.1 Å². The molecule has 0 spiro atoms. The Kier molecular flexibility index (Phi) is 9.28. The van der Waals surface area contributed by atoms with Gasteiger partial charge in [-0.3, -0.25) is 9.59 Å². The average Bonchev–Trinajstić information content (AvgIpc) is 2.98. The molecular formula is C17H27Cl2N3O3. The summed E-state index contributed by atoms with van der Waals surface area (Å²) < 4.78 is 5.33. The highest BCUT2D eigenvalue weighted by molar-refractivity contribution is 6.53. The van der Waals surface area contributed by atoms with Crippen LogP contribution >= 0.6 is 23.2 Å². The zero-order valence-electron chi connectivity index (χ0n) is 15.2. The lowest BCUT2D eigenvalue weighted by atomic mass is 10.1. The van der Waals surface area contributed by atoms with E-state index in [0.29, 0.717) is 24.9 Å². The molecule has 2 amide bonds. The molecule has 6 nitrogen and oxygen atoms in total. The lowest BCUT2D eigenvalue weighted by Crippen LogP contribution is -2.36. The van der Waals surface area contributed by atoms with Crippen LogP contribution in [0.4, 0.5) is 0 Å². The predicted octanol–water partition coefficient (Wildman–Crippen LogP) is 3.63. The van der Waals surface area contributed by atoms with Gasteiger partial charge < -0.3 is 14.6 Å². The van der Waals surface area contributed by atoms with E-state index in [4.69, 9.17) is 27.6 Å². The van der Waals surface area contributed by atoms with Crippen LogP contribution in [0.2, 0.25) is 0 Å². The summed E-state index contributed by atoms with van der Waals surface area (Å²) in [7, 11) is 0. The Bertz CT molecular complexity index is 559. The van der Waals surface area contributed by atoms with Gasteiger partial charge in [-0.25, -0.2) is 4.98 Å². The van der Waals surface area contributed by atoms with Crippen LogP contribution in [0, 0.1) is 11.8 Å². The van der Waals surface area contributed by atoms with Gasteiger partial charge in [0.25, 0.3) is 11.8 Å². The van der Waals surface area contributed by atoms with E-state index in [-0.39, 0.29) is 24.0 Å². The topological polar surface area (TPSA) is 75.4 Å². The second-order valence-electron chi connectivity index (χ2n) is 6.81. The maximum absolute atomic E-state index is 12.1. The van der Waals surface area contributed by atoms with Crippen LogP contribution in [-0.2, 0) is 11.3 Å². The molecule has 0 saturated heterocycles. The number of hydrogen-bond donors (Lipinski definition) is 1. The number of halogens is 2. The Balaban J connectivity index is 2.67. The molecular weight excluding hydrogens is 365 g/mol. The number of hydrogen-bond acceptors (Lipinski definition) is 4. The number of amides is 2. The Morgan fingerprint density at radius 2 is 1.84 bits per heavy atom. The van der Waals surface area contributed by atoms with E-state index in [0.717, 1.165) is 12.8 Å². The van der Waals surface area contributed by atoms with E-state index in [1.807, 2.05) is 0 Å². The van der Waals surface area contributed by atoms with Gasteiger partial charge in [0.2, 0.25) is 5.89 Å². The molecule has 1 N–H and O–H groups in total. The smallest absolute Gasteiger partial charge is 0.273 e. The number of nitrogens with one attached hydrogen (secondary N) is 1. The quantitative estimate of drug-likeness (QED) is 0.617. The molecule has 0 aliphatic heterocycles. The van der Waals surface area contributed by atoms with Crippen molar-refractivity contribution < 1.29 is 14.0 Å². The van der Waals surface area contributed by atoms with Gasteiger partial charge in [0.05, 0.1) is 6.54 Å². The van der Waals surface area contributed by atoms with Crippen LogP contribution in [0.15, 0.2) is 10.7 Å². The first-order valence-electron chi connectivity index (χ1n) is 8.50. The first-order chi connectivity index (χ1) is 11.7. The van der Waals surface area contributed by atoms with Crippen molar-refractivity contribution in [2.45, 2.75) is 51.9 Å². The lowest BCUT2D eigenvalue weighted by Gasteiger charge is -2.22. The van der Waals surface area contributed by atoms with Crippen LogP contribution in [0.25, 0.3) is 0 Å². The first kappa shape index (κ1) is 21.8. The molecule has 1 rings (SSSR count). The molecule has 1 heterocycles. The van der Waals surface area contributed by atoms with E-state index in [9.17, 15) is 9.59 Å². The van der Waals surface area contributed by atoms with Gasteiger partial charge >= 0.3 is 0 Å². The van der Waals surface area contributed by atoms with Gasteiger partial charge in [-0.2, -0.15) is 0 Å². The Labute approximate surface area is 159 Å². The van der Waals surface area contributed by atoms with E-state index in [2.05, 4.69) is 38.0 Å². The number of nitrogens with zero attached hydrogens (tertiary/aromatic N) is 2. The number of oxazole rings is 1. The second-order valence-corrected chi connectivity index (χ2v) is 7.90. The molecule has 0 radical (unpaired) electrons. The lowest BCUT2D eigenvalue weighted by molar-refractivity contribution is -0.130. The highest BCUT2D eigenvalue weighted by atomic mass is 35.5. The zero-order chi connectivity index (χ0) is 19.0. The van der Waals surface area contributed by atoms with Crippen molar-refractivity contribution in [3.05, 3.63) is 17.8 Å². The van der Waals surface area contributed by atoms with Crippen LogP contribution in [0.1, 0.15) is 56.9 Å². The SMILES string of the molecule is CC(C)CCNC(=O)c1coc(CN(CCC(C)C)C(=O)C(Cl)Cl)n1. The summed E-state index contributed by atoms with van der Waals surface area (Å²) >= 11 is 11.4. The second kappa shape index (κ2) is 10.7. The van der Waals surface area contributed by atoms with Gasteiger partial charge in [0.1, 0.15) is 6.26 Å². The third-order valence-corrected chi connectivity index (χ3v) is 3.97. The monoisotopic (exact) mass is 391 g/mol. The van der Waals surface area contributed by atoms with E-state index >= 15 is 0 Å². The molecule has 0 bridgehead atoms. The Morgan fingerprint density at radius 3 is 2.40 bits per heavy atom. The zero-order valence-corrected chi connectivity index (χ0v) is 16.7. The van der Waals surface area contributed by atoms with Crippen molar-refractivity contribution in [1.29, 1.82) is 0 Å². The van der Waals surface area contributed by atoms with Crippen LogP contribution in [0.3, 0.4) is 0 Å². The maximum Gasteiger partial charge on any atom is 0.273 e. The summed E-state index contributed by atoms with van der Waals surface area (Å²) in [6.07, 6.45) is 2.99. The molecule has 0 aliphatic carbocycles. The Morgan fingerprint density at radius 1 is 1.20 bits per heavy atom. The summed E-state index contributed by atoms with van der Waals surface area (Å²) in [6, 6.07) is 0. The van der Waals surface area contributed by atoms with Gasteiger partial charge in [-0.15, -0.1) is 0 Å². The van der Waals surface area contributed by atoms with E-state index in [1.165, 1.54) is 11.2 Å². The fourth-order valence-corrected chi connectivity index (χ4v) is 2.31. The summed E-state index contributed by atoms with van der Waals surface area (Å²) in [5.74, 6) is 0.521. The van der Waals surface area contributed by atoms with E-state index in [1.54, 1.807) is 0 Å². The van der Waals surface area contributed by atoms with Gasteiger partial charge in [-0.1, -0.05) is 50.9 Å². The number of carbonyl (C=O) groups excluding carboxylic acids is 2. The summed E-state index contributed by atoms with van der Waals surface area (Å²) in [5.41, 5.74) is 0.198. The predicted molar refractivity (Wildman–Crippen MR) is 98.7 cm³/mol. The number of aromatic nitrogens is 1. The van der Waals surface area contributed by atoms with Crippen LogP contribution in [-0.4, -0.2) is 39.6 Å². The summed E-state index contributed by atoms with van der Waals surface area (Å²) in [5, 5.41) is 2.79. The van der Waals surface area contributed by atoms with Crippen molar-refractivity contribution in [3.63, 3.8) is 0 Å². The standard InChI is InChI=1S/C17H27Cl2N3O3/c1-11(2)5-7-20-16(23)13-10-25-14(21-13)9-22(8-6-12(3)4)17(24)15(18)19/h10-12,15H,5-9H2,1-4H3,(H,20,23). The minimum absolute atomic E-state index is 0.126. The molecule has 0 unspecified atom stereocenters. The van der Waals surface area contributed by atoms with Gasteiger partial charge in [-0.05, 0) is 24.7 Å². The first-order valence-corrected chi connectivity index (χ1v) is 9.37. The Hall–Kier alpha value is -1.27. The number of carbonyl (C=O) groups is 2. The van der Waals surface area contributed by atoms with Gasteiger partial charge in [0, 0.05) is 13.1 Å². The highest BCUT2D eigenvalue weighted by Crippen LogP contribution is 2.14. The third kappa shape index (κ3) is 8.10. The normalized spacial score (nSPS) is 11.4.